The zero-order valence-corrected chi connectivity index (χ0v) is 8.60. The molecule has 1 aliphatic rings. The van der Waals surface area contributed by atoms with Crippen LogP contribution >= 0.6 is 0 Å². The number of hydrogen-bond acceptors (Lipinski definition) is 4. The molecule has 0 aromatic heterocycles. The van der Waals surface area contributed by atoms with Gasteiger partial charge in [-0.05, 0) is 19.9 Å². The lowest BCUT2D eigenvalue weighted by Gasteiger charge is -2.33. The average Bonchev–Trinajstić information content (AvgIpc) is 2.01. The summed E-state index contributed by atoms with van der Waals surface area (Å²) in [4.78, 5) is 0. The van der Waals surface area contributed by atoms with Crippen LogP contribution < -0.4 is 15.8 Å². The van der Waals surface area contributed by atoms with Crippen LogP contribution in [-0.4, -0.2) is 39.8 Å². The third-order valence-electron chi connectivity index (χ3n) is 2.29. The van der Waals surface area contributed by atoms with Crippen molar-refractivity contribution >= 4 is 10.0 Å². The van der Waals surface area contributed by atoms with Crippen molar-refractivity contribution in [3.8, 4) is 0 Å². The highest BCUT2D eigenvalue weighted by Gasteiger charge is 2.25. The van der Waals surface area contributed by atoms with Gasteiger partial charge in [-0.15, -0.1) is 0 Å². The Morgan fingerprint density at radius 3 is 2.54 bits per heavy atom. The molecule has 0 heterocycles. The first-order valence-electron chi connectivity index (χ1n) is 4.43. The Hall–Kier alpha value is -0.170. The molecule has 0 aromatic rings. The molecule has 0 saturated heterocycles. The normalized spacial score (nSPS) is 28.5. The molecule has 1 saturated carbocycles. The molecule has 1 rings (SSSR count). The zero-order chi connectivity index (χ0) is 9.90. The molecule has 4 N–H and O–H groups in total. The Bertz CT molecular complexity index is 246. The Morgan fingerprint density at radius 1 is 1.46 bits per heavy atom. The van der Waals surface area contributed by atoms with Gasteiger partial charge in [0.15, 0.2) is 0 Å². The van der Waals surface area contributed by atoms with Gasteiger partial charge >= 0.3 is 0 Å². The van der Waals surface area contributed by atoms with Crippen LogP contribution in [0.25, 0.3) is 0 Å². The first-order valence-corrected chi connectivity index (χ1v) is 6.09. The lowest BCUT2D eigenvalue weighted by molar-refractivity contribution is 0.297. The molecule has 1 aliphatic carbocycles. The van der Waals surface area contributed by atoms with E-state index in [-0.39, 0.29) is 5.75 Å². The second kappa shape index (κ2) is 4.36. The van der Waals surface area contributed by atoms with Gasteiger partial charge < -0.3 is 11.1 Å². The van der Waals surface area contributed by atoms with Crippen LogP contribution in [0.2, 0.25) is 0 Å². The maximum atomic E-state index is 11.0. The van der Waals surface area contributed by atoms with E-state index in [2.05, 4.69) is 10.0 Å². The third kappa shape index (κ3) is 3.60. The molecule has 0 aliphatic heterocycles. The van der Waals surface area contributed by atoms with E-state index in [4.69, 9.17) is 5.73 Å². The number of rotatable bonds is 5. The number of hydrogen-bond donors (Lipinski definition) is 3. The number of sulfonamides is 1. The summed E-state index contributed by atoms with van der Waals surface area (Å²) < 4.78 is 24.2. The van der Waals surface area contributed by atoms with Crippen LogP contribution in [0.4, 0.5) is 0 Å². The molecular formula is C7H17N3O2S. The third-order valence-corrected chi connectivity index (χ3v) is 3.65. The Kier molecular flexibility index (Phi) is 3.66. The Morgan fingerprint density at radius 2 is 2.08 bits per heavy atom. The minimum Gasteiger partial charge on any atom is -0.328 e. The fourth-order valence-electron chi connectivity index (χ4n) is 1.33. The predicted octanol–water partition coefficient (Wildman–Crippen LogP) is -1.39. The van der Waals surface area contributed by atoms with E-state index in [9.17, 15) is 8.42 Å². The van der Waals surface area contributed by atoms with E-state index < -0.39 is 10.0 Å². The van der Waals surface area contributed by atoms with E-state index in [1.54, 1.807) is 0 Å². The summed E-state index contributed by atoms with van der Waals surface area (Å²) in [6.07, 6.45) is 1.92. The lowest BCUT2D eigenvalue weighted by Crippen LogP contribution is -2.49. The summed E-state index contributed by atoms with van der Waals surface area (Å²) in [5.74, 6) is 0.134. The van der Waals surface area contributed by atoms with E-state index in [1.807, 2.05) is 0 Å². The van der Waals surface area contributed by atoms with Gasteiger partial charge in [0, 0.05) is 18.6 Å². The molecule has 0 spiro atoms. The molecule has 0 unspecified atom stereocenters. The van der Waals surface area contributed by atoms with Crippen LogP contribution in [0.1, 0.15) is 12.8 Å². The Labute approximate surface area is 79.1 Å². The van der Waals surface area contributed by atoms with Crippen molar-refractivity contribution in [1.82, 2.24) is 10.0 Å². The fraction of sp³-hybridized carbons (Fsp3) is 1.00. The first-order chi connectivity index (χ1) is 6.03. The van der Waals surface area contributed by atoms with E-state index >= 15 is 0 Å². The fourth-order valence-corrected chi connectivity index (χ4v) is 1.92. The topological polar surface area (TPSA) is 84.2 Å². The largest absolute Gasteiger partial charge is 0.328 e. The van der Waals surface area contributed by atoms with Crippen molar-refractivity contribution in [2.24, 2.45) is 5.73 Å². The predicted molar refractivity (Wildman–Crippen MR) is 51.8 cm³/mol. The highest BCUT2D eigenvalue weighted by Crippen LogP contribution is 2.16. The highest BCUT2D eigenvalue weighted by atomic mass is 32.2. The maximum Gasteiger partial charge on any atom is 0.212 e. The summed E-state index contributed by atoms with van der Waals surface area (Å²) in [6.45, 7) is 0.501. The lowest BCUT2D eigenvalue weighted by atomic mass is 9.88. The quantitative estimate of drug-likeness (QED) is 0.518. The van der Waals surface area contributed by atoms with Crippen LogP contribution in [0.15, 0.2) is 0 Å². The van der Waals surface area contributed by atoms with Gasteiger partial charge in [0.2, 0.25) is 10.0 Å². The number of nitrogens with one attached hydrogen (secondary N) is 2. The standard InChI is InChI=1S/C7H17N3O2S/c1-9-13(11,12)3-2-10-7-4-6(8)5-7/h6-7,9-10H,2-5,8H2,1H3. The van der Waals surface area contributed by atoms with E-state index in [1.165, 1.54) is 7.05 Å². The second-order valence-electron chi connectivity index (χ2n) is 3.41. The molecule has 5 nitrogen and oxygen atoms in total. The van der Waals surface area contributed by atoms with Gasteiger partial charge in [-0.3, -0.25) is 0 Å². The van der Waals surface area contributed by atoms with Crippen molar-refractivity contribution in [1.29, 1.82) is 0 Å². The molecule has 0 bridgehead atoms. The maximum absolute atomic E-state index is 11.0. The van der Waals surface area contributed by atoms with Crippen LogP contribution in [-0.2, 0) is 10.0 Å². The first kappa shape index (κ1) is 10.9. The Balaban J connectivity index is 2.08. The average molecular weight is 207 g/mol. The van der Waals surface area contributed by atoms with Crippen molar-refractivity contribution < 1.29 is 8.42 Å². The van der Waals surface area contributed by atoms with Crippen molar-refractivity contribution in [2.75, 3.05) is 19.3 Å². The molecule has 78 valence electrons. The van der Waals surface area contributed by atoms with Gasteiger partial charge in [0.05, 0.1) is 5.75 Å². The second-order valence-corrected chi connectivity index (χ2v) is 5.45. The van der Waals surface area contributed by atoms with E-state index in [0.717, 1.165) is 12.8 Å². The van der Waals surface area contributed by atoms with Gasteiger partial charge in [-0.25, -0.2) is 13.1 Å². The van der Waals surface area contributed by atoms with E-state index in [0.29, 0.717) is 18.6 Å². The minimum atomic E-state index is -3.06. The molecule has 0 aromatic carbocycles. The molecule has 1 fully saturated rings. The molecule has 0 radical (unpaired) electrons. The summed E-state index contributed by atoms with van der Waals surface area (Å²) in [6, 6.07) is 0.723. The van der Waals surface area contributed by atoms with Gasteiger partial charge in [0.25, 0.3) is 0 Å². The van der Waals surface area contributed by atoms with Crippen molar-refractivity contribution in [3.05, 3.63) is 0 Å². The van der Waals surface area contributed by atoms with Crippen molar-refractivity contribution in [2.45, 2.75) is 24.9 Å². The number of nitrogens with two attached hydrogens (primary N) is 1. The molecule has 0 amide bonds. The molecule has 0 atom stereocenters. The monoisotopic (exact) mass is 207 g/mol. The van der Waals surface area contributed by atoms with Crippen LogP contribution in [0, 0.1) is 0 Å². The summed E-state index contributed by atoms with van der Waals surface area (Å²) in [7, 11) is -1.63. The van der Waals surface area contributed by atoms with Crippen molar-refractivity contribution in [3.63, 3.8) is 0 Å². The molecule has 13 heavy (non-hydrogen) atoms. The van der Waals surface area contributed by atoms with Gasteiger partial charge in [0.1, 0.15) is 0 Å². The van der Waals surface area contributed by atoms with Gasteiger partial charge in [-0.1, -0.05) is 0 Å². The van der Waals surface area contributed by atoms with Gasteiger partial charge in [-0.2, -0.15) is 0 Å². The summed E-state index contributed by atoms with van der Waals surface area (Å²) in [5, 5.41) is 3.14. The SMILES string of the molecule is CNS(=O)(=O)CCNC1CC(N)C1. The zero-order valence-electron chi connectivity index (χ0n) is 7.79. The smallest absolute Gasteiger partial charge is 0.212 e. The van der Waals surface area contributed by atoms with Crippen LogP contribution in [0.3, 0.4) is 0 Å². The highest BCUT2D eigenvalue weighted by molar-refractivity contribution is 7.89. The minimum absolute atomic E-state index is 0.134. The summed E-state index contributed by atoms with van der Waals surface area (Å²) >= 11 is 0. The molecular weight excluding hydrogens is 190 g/mol. The summed E-state index contributed by atoms with van der Waals surface area (Å²) in [5.41, 5.74) is 5.58. The van der Waals surface area contributed by atoms with Crippen LogP contribution in [0.5, 0.6) is 0 Å². The molecule has 6 heteroatoms.